The van der Waals surface area contributed by atoms with Crippen LogP contribution in [0.25, 0.3) is 11.1 Å². The minimum absolute atomic E-state index is 0.0253. The number of amides is 1. The molecule has 1 amide bonds. The minimum Gasteiger partial charge on any atom is -0.469 e. The molecule has 0 spiro atoms. The molecular formula is C23H28N2O3. The van der Waals surface area contributed by atoms with Crippen molar-refractivity contribution in [2.45, 2.75) is 37.8 Å². The Morgan fingerprint density at radius 2 is 1.64 bits per heavy atom. The van der Waals surface area contributed by atoms with Gasteiger partial charge in [0.1, 0.15) is 0 Å². The van der Waals surface area contributed by atoms with Gasteiger partial charge < -0.3 is 10.1 Å². The van der Waals surface area contributed by atoms with Crippen LogP contribution >= 0.6 is 0 Å². The summed E-state index contributed by atoms with van der Waals surface area (Å²) < 4.78 is 4.76. The number of rotatable bonds is 7. The van der Waals surface area contributed by atoms with E-state index >= 15 is 0 Å². The fraction of sp³-hybridized carbons (Fsp3) is 0.391. The highest BCUT2D eigenvalue weighted by Gasteiger charge is 2.32. The van der Waals surface area contributed by atoms with Crippen LogP contribution in [-0.2, 0) is 20.7 Å². The van der Waals surface area contributed by atoms with E-state index in [1.54, 1.807) is 0 Å². The molecule has 1 fully saturated rings. The number of likely N-dealkylation sites (N-methyl/N-ethyl adjacent to an activating group) is 1. The molecule has 5 nitrogen and oxygen atoms in total. The van der Waals surface area contributed by atoms with E-state index < -0.39 is 0 Å². The molecule has 0 aromatic heterocycles. The van der Waals surface area contributed by atoms with Gasteiger partial charge in [-0.3, -0.25) is 14.5 Å². The van der Waals surface area contributed by atoms with E-state index in [-0.39, 0.29) is 24.0 Å². The van der Waals surface area contributed by atoms with Gasteiger partial charge in [-0.05, 0) is 36.6 Å². The highest BCUT2D eigenvalue weighted by molar-refractivity contribution is 5.79. The predicted octanol–water partition coefficient (Wildman–Crippen LogP) is 3.04. The van der Waals surface area contributed by atoms with E-state index in [0.29, 0.717) is 19.4 Å². The summed E-state index contributed by atoms with van der Waals surface area (Å²) in [5.41, 5.74) is 3.32. The summed E-state index contributed by atoms with van der Waals surface area (Å²) in [4.78, 5) is 26.0. The number of likely N-dealkylation sites (tertiary alicyclic amines) is 1. The van der Waals surface area contributed by atoms with Crippen LogP contribution in [0.3, 0.4) is 0 Å². The molecule has 1 aliphatic heterocycles. The van der Waals surface area contributed by atoms with Crippen LogP contribution in [0.4, 0.5) is 0 Å². The van der Waals surface area contributed by atoms with Gasteiger partial charge in [0.25, 0.3) is 0 Å². The smallest absolute Gasteiger partial charge is 0.307 e. The van der Waals surface area contributed by atoms with Gasteiger partial charge in [-0.25, -0.2) is 0 Å². The molecule has 2 aromatic carbocycles. The van der Waals surface area contributed by atoms with Crippen molar-refractivity contribution in [3.63, 3.8) is 0 Å². The fourth-order valence-corrected chi connectivity index (χ4v) is 3.78. The summed E-state index contributed by atoms with van der Waals surface area (Å²) in [5.74, 6) is -0.155. The lowest BCUT2D eigenvalue weighted by molar-refractivity contribution is -0.141. The summed E-state index contributed by atoms with van der Waals surface area (Å²) in [5, 5.41) is 3.04. The Labute approximate surface area is 166 Å². The van der Waals surface area contributed by atoms with Crippen LogP contribution in [-0.4, -0.2) is 49.6 Å². The maximum absolute atomic E-state index is 12.3. The number of carbonyl (C=O) groups excluding carboxylic acids is 2. The molecule has 1 N–H and O–H groups in total. The van der Waals surface area contributed by atoms with Gasteiger partial charge in [0.15, 0.2) is 0 Å². The zero-order valence-electron chi connectivity index (χ0n) is 16.6. The van der Waals surface area contributed by atoms with Gasteiger partial charge in [-0.2, -0.15) is 0 Å². The molecule has 28 heavy (non-hydrogen) atoms. The van der Waals surface area contributed by atoms with E-state index in [1.165, 1.54) is 12.7 Å². The van der Waals surface area contributed by atoms with Crippen molar-refractivity contribution in [1.82, 2.24) is 10.2 Å². The van der Waals surface area contributed by atoms with E-state index in [1.807, 2.05) is 37.4 Å². The first kappa shape index (κ1) is 20.1. The average molecular weight is 380 g/mol. The first-order chi connectivity index (χ1) is 13.6. The topological polar surface area (TPSA) is 58.6 Å². The number of methoxy groups -OCH3 is 1. The zero-order valence-corrected chi connectivity index (χ0v) is 16.6. The van der Waals surface area contributed by atoms with Crippen LogP contribution in [0, 0.1) is 0 Å². The van der Waals surface area contributed by atoms with Crippen LogP contribution < -0.4 is 5.32 Å². The Hall–Kier alpha value is -2.66. The molecule has 2 aromatic rings. The third kappa shape index (κ3) is 5.20. The highest BCUT2D eigenvalue weighted by Crippen LogP contribution is 2.24. The van der Waals surface area contributed by atoms with E-state index in [4.69, 9.17) is 4.74 Å². The van der Waals surface area contributed by atoms with Gasteiger partial charge in [0.05, 0.1) is 20.0 Å². The number of hydrogen-bond donors (Lipinski definition) is 1. The molecule has 3 rings (SSSR count). The summed E-state index contributed by atoms with van der Waals surface area (Å²) in [6, 6.07) is 18.8. The van der Waals surface area contributed by atoms with Crippen molar-refractivity contribution >= 4 is 11.9 Å². The van der Waals surface area contributed by atoms with Crippen LogP contribution in [0.5, 0.6) is 0 Å². The maximum Gasteiger partial charge on any atom is 0.307 e. The average Bonchev–Trinajstić information content (AvgIpc) is 3.07. The largest absolute Gasteiger partial charge is 0.469 e. The fourth-order valence-electron chi connectivity index (χ4n) is 3.78. The standard InChI is InChI=1S/C23H28N2O3/c1-25-20(15-23(27)28-2)12-13-21(25)16-24-22(26)14-17-8-10-19(11-9-17)18-6-4-3-5-7-18/h3-11,20-21H,12-16H2,1-2H3,(H,24,26)/t20-,21+/m1/s1. The molecule has 0 unspecified atom stereocenters. The number of benzene rings is 2. The van der Waals surface area contributed by atoms with Gasteiger partial charge in [-0.15, -0.1) is 0 Å². The minimum atomic E-state index is -0.180. The number of nitrogens with zero attached hydrogens (tertiary/aromatic N) is 1. The molecule has 0 bridgehead atoms. The molecule has 1 aliphatic rings. The van der Waals surface area contributed by atoms with Crippen LogP contribution in [0.15, 0.2) is 54.6 Å². The van der Waals surface area contributed by atoms with Crippen molar-refractivity contribution in [1.29, 1.82) is 0 Å². The molecule has 1 heterocycles. The second kappa shape index (κ2) is 9.51. The van der Waals surface area contributed by atoms with E-state index in [9.17, 15) is 9.59 Å². The Morgan fingerprint density at radius 3 is 2.32 bits per heavy atom. The third-order valence-electron chi connectivity index (χ3n) is 5.58. The summed E-state index contributed by atoms with van der Waals surface area (Å²) >= 11 is 0. The van der Waals surface area contributed by atoms with Gasteiger partial charge in [-0.1, -0.05) is 54.6 Å². The number of carbonyl (C=O) groups is 2. The highest BCUT2D eigenvalue weighted by atomic mass is 16.5. The van der Waals surface area contributed by atoms with Crippen LogP contribution in [0.2, 0.25) is 0 Å². The van der Waals surface area contributed by atoms with Crippen LogP contribution in [0.1, 0.15) is 24.8 Å². The summed E-state index contributed by atoms with van der Waals surface area (Å²) in [6.45, 7) is 0.606. The molecule has 2 atom stereocenters. The maximum atomic E-state index is 12.3. The number of hydrogen-bond acceptors (Lipinski definition) is 4. The molecule has 5 heteroatoms. The lowest BCUT2D eigenvalue weighted by Gasteiger charge is -2.25. The quantitative estimate of drug-likeness (QED) is 0.750. The molecule has 148 valence electrons. The third-order valence-corrected chi connectivity index (χ3v) is 5.58. The predicted molar refractivity (Wildman–Crippen MR) is 110 cm³/mol. The van der Waals surface area contributed by atoms with E-state index in [2.05, 4.69) is 34.5 Å². The first-order valence-electron chi connectivity index (χ1n) is 9.76. The van der Waals surface area contributed by atoms with Crippen molar-refractivity contribution in [3.05, 3.63) is 60.2 Å². The Bertz CT molecular complexity index is 789. The lowest BCUT2D eigenvalue weighted by atomic mass is 10.0. The zero-order chi connectivity index (χ0) is 19.9. The summed E-state index contributed by atoms with van der Waals surface area (Å²) in [7, 11) is 3.43. The molecule has 0 aliphatic carbocycles. The molecule has 1 saturated heterocycles. The Kier molecular flexibility index (Phi) is 6.82. The van der Waals surface area contributed by atoms with Gasteiger partial charge in [0, 0.05) is 18.6 Å². The van der Waals surface area contributed by atoms with E-state index in [0.717, 1.165) is 24.0 Å². The monoisotopic (exact) mass is 380 g/mol. The molecule has 0 saturated carbocycles. The van der Waals surface area contributed by atoms with Gasteiger partial charge >= 0.3 is 5.97 Å². The van der Waals surface area contributed by atoms with Crippen molar-refractivity contribution in [2.24, 2.45) is 0 Å². The van der Waals surface area contributed by atoms with Crippen molar-refractivity contribution < 1.29 is 14.3 Å². The Morgan fingerprint density at radius 1 is 1.00 bits per heavy atom. The van der Waals surface area contributed by atoms with Gasteiger partial charge in [0.2, 0.25) is 5.91 Å². The number of esters is 1. The SMILES string of the molecule is COC(=O)C[C@H]1CC[C@@H](CNC(=O)Cc2ccc(-c3ccccc3)cc2)N1C. The lowest BCUT2D eigenvalue weighted by Crippen LogP contribution is -2.42. The molecular weight excluding hydrogens is 352 g/mol. The second-order valence-electron chi connectivity index (χ2n) is 7.37. The first-order valence-corrected chi connectivity index (χ1v) is 9.76. The number of ether oxygens (including phenoxy) is 1. The normalized spacial score (nSPS) is 19.4. The second-order valence-corrected chi connectivity index (χ2v) is 7.37. The van der Waals surface area contributed by atoms with Crippen molar-refractivity contribution in [3.8, 4) is 11.1 Å². The number of nitrogens with one attached hydrogen (secondary N) is 1. The van der Waals surface area contributed by atoms with Crippen molar-refractivity contribution in [2.75, 3.05) is 20.7 Å². The summed E-state index contributed by atoms with van der Waals surface area (Å²) in [6.07, 6.45) is 2.71. The Balaban J connectivity index is 1.46. The molecule has 0 radical (unpaired) electrons.